The molecule has 2 heteroatoms. The van der Waals surface area contributed by atoms with Crippen LogP contribution in [0.4, 0.5) is 0 Å². The van der Waals surface area contributed by atoms with Crippen molar-refractivity contribution in [3.63, 3.8) is 0 Å². The van der Waals surface area contributed by atoms with Crippen molar-refractivity contribution in [3.05, 3.63) is 41.0 Å². The number of carbonyl (C=O) groups is 1. The van der Waals surface area contributed by atoms with E-state index in [4.69, 9.17) is 4.74 Å². The Morgan fingerprint density at radius 1 is 1.41 bits per heavy atom. The van der Waals surface area contributed by atoms with Gasteiger partial charge in [-0.1, -0.05) is 31.2 Å². The fourth-order valence-corrected chi connectivity index (χ4v) is 3.24. The van der Waals surface area contributed by atoms with Gasteiger partial charge in [0.25, 0.3) is 0 Å². The molecule has 2 unspecified atom stereocenters. The SMILES string of the molecule is COC(=O)C1=CC(C)C2CCc3cccc1c32. The molecule has 2 aliphatic rings. The summed E-state index contributed by atoms with van der Waals surface area (Å²) in [5, 5.41) is 0. The first-order chi connectivity index (χ1) is 8.22. The van der Waals surface area contributed by atoms with Crippen LogP contribution in [0.25, 0.3) is 5.57 Å². The van der Waals surface area contributed by atoms with Crippen molar-refractivity contribution in [2.45, 2.75) is 25.7 Å². The number of carbonyl (C=O) groups excluding carboxylic acids is 1. The monoisotopic (exact) mass is 228 g/mol. The van der Waals surface area contributed by atoms with Crippen molar-refractivity contribution >= 4 is 11.5 Å². The molecular formula is C15H16O2. The summed E-state index contributed by atoms with van der Waals surface area (Å²) in [6.45, 7) is 2.19. The fourth-order valence-electron chi connectivity index (χ4n) is 3.24. The van der Waals surface area contributed by atoms with Crippen LogP contribution in [0.3, 0.4) is 0 Å². The number of hydrogen-bond donors (Lipinski definition) is 0. The Hall–Kier alpha value is -1.57. The van der Waals surface area contributed by atoms with Crippen molar-refractivity contribution in [2.75, 3.05) is 7.11 Å². The van der Waals surface area contributed by atoms with Crippen LogP contribution in [0.5, 0.6) is 0 Å². The molecule has 0 bridgehead atoms. The molecule has 0 spiro atoms. The third kappa shape index (κ3) is 1.43. The first kappa shape index (κ1) is 10.6. The molecule has 17 heavy (non-hydrogen) atoms. The maximum Gasteiger partial charge on any atom is 0.338 e. The largest absolute Gasteiger partial charge is 0.465 e. The average Bonchev–Trinajstić information content (AvgIpc) is 2.78. The molecular weight excluding hydrogens is 212 g/mol. The van der Waals surface area contributed by atoms with Crippen LogP contribution in [0, 0.1) is 5.92 Å². The summed E-state index contributed by atoms with van der Waals surface area (Å²) in [4.78, 5) is 11.8. The number of benzene rings is 1. The number of esters is 1. The van der Waals surface area contributed by atoms with E-state index >= 15 is 0 Å². The second kappa shape index (κ2) is 3.73. The van der Waals surface area contributed by atoms with Gasteiger partial charge >= 0.3 is 5.97 Å². The lowest BCUT2D eigenvalue weighted by Gasteiger charge is -2.26. The van der Waals surface area contributed by atoms with E-state index < -0.39 is 0 Å². The van der Waals surface area contributed by atoms with Crippen molar-refractivity contribution in [1.29, 1.82) is 0 Å². The van der Waals surface area contributed by atoms with E-state index in [9.17, 15) is 4.79 Å². The first-order valence-electron chi connectivity index (χ1n) is 6.14. The number of methoxy groups -OCH3 is 1. The van der Waals surface area contributed by atoms with Crippen LogP contribution >= 0.6 is 0 Å². The maximum atomic E-state index is 11.8. The summed E-state index contributed by atoms with van der Waals surface area (Å²) in [6, 6.07) is 6.28. The molecule has 2 nitrogen and oxygen atoms in total. The molecule has 0 heterocycles. The van der Waals surface area contributed by atoms with E-state index in [1.54, 1.807) is 0 Å². The normalized spacial score (nSPS) is 25.2. The zero-order chi connectivity index (χ0) is 12.0. The standard InChI is InChI=1S/C15H16O2/c1-9-8-13(15(16)17-2)12-5-3-4-10-6-7-11(9)14(10)12/h3-5,8-9,11H,6-7H2,1-2H3. The van der Waals surface area contributed by atoms with Crippen molar-refractivity contribution in [3.8, 4) is 0 Å². The third-order valence-electron chi connectivity index (χ3n) is 4.05. The molecule has 2 aliphatic carbocycles. The Kier molecular flexibility index (Phi) is 2.32. The fraction of sp³-hybridized carbons (Fsp3) is 0.400. The van der Waals surface area contributed by atoms with Gasteiger partial charge in [-0.2, -0.15) is 0 Å². The molecule has 2 atom stereocenters. The summed E-state index contributed by atoms with van der Waals surface area (Å²) in [5.41, 5.74) is 4.64. The lowest BCUT2D eigenvalue weighted by atomic mass is 9.78. The maximum absolute atomic E-state index is 11.8. The summed E-state index contributed by atoms with van der Waals surface area (Å²) < 4.78 is 4.88. The molecule has 1 aromatic carbocycles. The first-order valence-corrected chi connectivity index (χ1v) is 6.14. The number of rotatable bonds is 1. The van der Waals surface area contributed by atoms with Crippen LogP contribution in [0.1, 0.15) is 36.0 Å². The second-order valence-electron chi connectivity index (χ2n) is 4.95. The molecule has 1 aromatic rings. The molecule has 0 aromatic heterocycles. The van der Waals surface area contributed by atoms with Crippen LogP contribution in [-0.4, -0.2) is 13.1 Å². The lowest BCUT2D eigenvalue weighted by molar-refractivity contribution is -0.133. The van der Waals surface area contributed by atoms with Gasteiger partial charge in [-0.3, -0.25) is 0 Å². The van der Waals surface area contributed by atoms with Gasteiger partial charge in [0, 0.05) is 0 Å². The quantitative estimate of drug-likeness (QED) is 0.691. The van der Waals surface area contributed by atoms with Crippen molar-refractivity contribution in [1.82, 2.24) is 0 Å². The van der Waals surface area contributed by atoms with Crippen LogP contribution in [0.2, 0.25) is 0 Å². The highest BCUT2D eigenvalue weighted by Gasteiger charge is 2.34. The zero-order valence-corrected chi connectivity index (χ0v) is 10.2. The van der Waals surface area contributed by atoms with E-state index in [-0.39, 0.29) is 5.97 Å². The number of allylic oxidation sites excluding steroid dienone is 1. The van der Waals surface area contributed by atoms with Gasteiger partial charge in [-0.05, 0) is 41.4 Å². The van der Waals surface area contributed by atoms with Crippen LogP contribution < -0.4 is 0 Å². The molecule has 3 rings (SSSR count). The summed E-state index contributed by atoms with van der Waals surface area (Å²) >= 11 is 0. The molecule has 0 radical (unpaired) electrons. The smallest absolute Gasteiger partial charge is 0.338 e. The van der Waals surface area contributed by atoms with E-state index in [2.05, 4.69) is 19.1 Å². The Bertz CT molecular complexity index is 514. The number of ether oxygens (including phenoxy) is 1. The zero-order valence-electron chi connectivity index (χ0n) is 10.2. The number of aryl methyl sites for hydroxylation is 1. The highest BCUT2D eigenvalue weighted by molar-refractivity contribution is 6.17. The topological polar surface area (TPSA) is 26.3 Å². The minimum atomic E-state index is -0.212. The molecule has 0 fully saturated rings. The predicted molar refractivity (Wildman–Crippen MR) is 66.7 cm³/mol. The van der Waals surface area contributed by atoms with Crippen LogP contribution in [0.15, 0.2) is 24.3 Å². The van der Waals surface area contributed by atoms with Gasteiger partial charge in [0.05, 0.1) is 12.7 Å². The van der Waals surface area contributed by atoms with Gasteiger partial charge in [0.2, 0.25) is 0 Å². The Morgan fingerprint density at radius 2 is 2.24 bits per heavy atom. The lowest BCUT2D eigenvalue weighted by Crippen LogP contribution is -2.17. The minimum absolute atomic E-state index is 0.212. The molecule has 0 amide bonds. The van der Waals surface area contributed by atoms with Gasteiger partial charge < -0.3 is 4.74 Å². The van der Waals surface area contributed by atoms with E-state index in [1.165, 1.54) is 24.7 Å². The van der Waals surface area contributed by atoms with E-state index in [1.807, 2.05) is 12.1 Å². The summed E-state index contributed by atoms with van der Waals surface area (Å²) in [5.74, 6) is 0.811. The van der Waals surface area contributed by atoms with Gasteiger partial charge in [0.15, 0.2) is 0 Å². The van der Waals surface area contributed by atoms with Gasteiger partial charge in [0.1, 0.15) is 0 Å². The Balaban J connectivity index is 2.19. The van der Waals surface area contributed by atoms with Gasteiger partial charge in [-0.25, -0.2) is 4.79 Å². The molecule has 0 saturated carbocycles. The predicted octanol–water partition coefficient (Wildman–Crippen LogP) is 2.92. The average molecular weight is 228 g/mol. The van der Waals surface area contributed by atoms with E-state index in [0.29, 0.717) is 11.8 Å². The van der Waals surface area contributed by atoms with Crippen molar-refractivity contribution in [2.24, 2.45) is 5.92 Å². The summed E-state index contributed by atoms with van der Waals surface area (Å²) in [7, 11) is 1.45. The molecule has 0 N–H and O–H groups in total. The highest BCUT2D eigenvalue weighted by atomic mass is 16.5. The minimum Gasteiger partial charge on any atom is -0.465 e. The van der Waals surface area contributed by atoms with Crippen LogP contribution in [-0.2, 0) is 16.0 Å². The second-order valence-corrected chi connectivity index (χ2v) is 4.95. The van der Waals surface area contributed by atoms with Gasteiger partial charge in [-0.15, -0.1) is 0 Å². The molecule has 0 aliphatic heterocycles. The number of hydrogen-bond acceptors (Lipinski definition) is 2. The van der Waals surface area contributed by atoms with E-state index in [0.717, 1.165) is 17.6 Å². The van der Waals surface area contributed by atoms with Crippen molar-refractivity contribution < 1.29 is 9.53 Å². The summed E-state index contributed by atoms with van der Waals surface area (Å²) in [6.07, 6.45) is 4.42. The molecule has 88 valence electrons. The Labute approximate surface area is 101 Å². The molecule has 0 saturated heterocycles. The third-order valence-corrected chi connectivity index (χ3v) is 4.05. The Morgan fingerprint density at radius 3 is 3.00 bits per heavy atom. The highest BCUT2D eigenvalue weighted by Crippen LogP contribution is 2.46.